The van der Waals surface area contributed by atoms with E-state index in [9.17, 15) is 9.18 Å². The van der Waals surface area contributed by atoms with Gasteiger partial charge in [0.15, 0.2) is 0 Å². The highest BCUT2D eigenvalue weighted by molar-refractivity contribution is 5.98. The van der Waals surface area contributed by atoms with Gasteiger partial charge in [0.05, 0.1) is 11.3 Å². The number of benzene rings is 1. The number of anilines is 1. The molecule has 0 spiro atoms. The van der Waals surface area contributed by atoms with E-state index in [4.69, 9.17) is 5.73 Å². The van der Waals surface area contributed by atoms with Gasteiger partial charge in [0, 0.05) is 12.1 Å². The van der Waals surface area contributed by atoms with Gasteiger partial charge in [-0.3, -0.25) is 4.79 Å². The Morgan fingerprint density at radius 1 is 1.56 bits per heavy atom. The number of carbonyl (C=O) groups is 1. The van der Waals surface area contributed by atoms with Crippen molar-refractivity contribution in [3.05, 3.63) is 29.6 Å². The second kappa shape index (κ2) is 5.35. The van der Waals surface area contributed by atoms with E-state index >= 15 is 0 Å². The van der Waals surface area contributed by atoms with Crippen LogP contribution in [0.2, 0.25) is 0 Å². The Bertz CT molecular complexity index is 450. The SMILES string of the molecule is CC1NCCCC1Nc1cccc(F)c1C(N)=O. The number of rotatable bonds is 3. The van der Waals surface area contributed by atoms with Gasteiger partial charge in [-0.1, -0.05) is 6.07 Å². The van der Waals surface area contributed by atoms with Crippen molar-refractivity contribution in [1.29, 1.82) is 0 Å². The molecule has 0 bridgehead atoms. The quantitative estimate of drug-likeness (QED) is 0.762. The van der Waals surface area contributed by atoms with Crippen LogP contribution in [-0.2, 0) is 0 Å². The van der Waals surface area contributed by atoms with Gasteiger partial charge in [-0.2, -0.15) is 0 Å². The van der Waals surface area contributed by atoms with Gasteiger partial charge in [-0.05, 0) is 38.4 Å². The van der Waals surface area contributed by atoms with E-state index in [1.54, 1.807) is 12.1 Å². The second-order valence-electron chi connectivity index (χ2n) is 4.66. The molecule has 1 aliphatic heterocycles. The zero-order valence-corrected chi connectivity index (χ0v) is 10.4. The number of nitrogens with one attached hydrogen (secondary N) is 2. The van der Waals surface area contributed by atoms with E-state index in [0.29, 0.717) is 5.69 Å². The fourth-order valence-electron chi connectivity index (χ4n) is 2.34. The van der Waals surface area contributed by atoms with Crippen LogP contribution in [0.5, 0.6) is 0 Å². The minimum Gasteiger partial charge on any atom is -0.380 e. The molecule has 1 aromatic rings. The Hall–Kier alpha value is -1.62. The Balaban J connectivity index is 2.23. The Labute approximate surface area is 106 Å². The van der Waals surface area contributed by atoms with Crippen LogP contribution in [0.25, 0.3) is 0 Å². The van der Waals surface area contributed by atoms with Crippen LogP contribution in [0.15, 0.2) is 18.2 Å². The molecular formula is C13H18FN3O. The smallest absolute Gasteiger partial charge is 0.253 e. The van der Waals surface area contributed by atoms with Crippen LogP contribution in [0, 0.1) is 5.82 Å². The average molecular weight is 251 g/mol. The van der Waals surface area contributed by atoms with E-state index in [0.717, 1.165) is 19.4 Å². The molecule has 0 radical (unpaired) electrons. The highest BCUT2D eigenvalue weighted by atomic mass is 19.1. The maximum Gasteiger partial charge on any atom is 0.253 e. The number of halogens is 1. The summed E-state index contributed by atoms with van der Waals surface area (Å²) < 4.78 is 13.6. The lowest BCUT2D eigenvalue weighted by Crippen LogP contribution is -2.46. The van der Waals surface area contributed by atoms with Crippen molar-refractivity contribution in [1.82, 2.24) is 5.32 Å². The summed E-state index contributed by atoms with van der Waals surface area (Å²) >= 11 is 0. The van der Waals surface area contributed by atoms with Gasteiger partial charge in [0.1, 0.15) is 5.82 Å². The molecule has 4 nitrogen and oxygen atoms in total. The topological polar surface area (TPSA) is 67.2 Å². The second-order valence-corrected chi connectivity index (χ2v) is 4.66. The predicted molar refractivity (Wildman–Crippen MR) is 69.0 cm³/mol. The summed E-state index contributed by atoms with van der Waals surface area (Å²) in [6.07, 6.45) is 2.05. The van der Waals surface area contributed by atoms with Crippen molar-refractivity contribution in [3.63, 3.8) is 0 Å². The molecule has 4 N–H and O–H groups in total. The summed E-state index contributed by atoms with van der Waals surface area (Å²) in [7, 11) is 0. The van der Waals surface area contributed by atoms with Crippen molar-refractivity contribution in [3.8, 4) is 0 Å². The molecule has 0 saturated carbocycles. The average Bonchev–Trinajstić information content (AvgIpc) is 2.31. The molecule has 98 valence electrons. The lowest BCUT2D eigenvalue weighted by atomic mass is 9.99. The first kappa shape index (κ1) is 12.8. The Morgan fingerprint density at radius 2 is 2.33 bits per heavy atom. The summed E-state index contributed by atoms with van der Waals surface area (Å²) in [4.78, 5) is 11.3. The molecule has 0 aliphatic carbocycles. The molecule has 1 amide bonds. The monoisotopic (exact) mass is 251 g/mol. The molecule has 2 unspecified atom stereocenters. The lowest BCUT2D eigenvalue weighted by Gasteiger charge is -2.31. The van der Waals surface area contributed by atoms with E-state index in [-0.39, 0.29) is 17.6 Å². The molecule has 1 saturated heterocycles. The van der Waals surface area contributed by atoms with Crippen LogP contribution in [0.4, 0.5) is 10.1 Å². The normalized spacial score (nSPS) is 23.7. The lowest BCUT2D eigenvalue weighted by molar-refractivity contribution is 0.0997. The third kappa shape index (κ3) is 2.61. The van der Waals surface area contributed by atoms with Gasteiger partial charge in [-0.25, -0.2) is 4.39 Å². The fourth-order valence-corrected chi connectivity index (χ4v) is 2.34. The standard InChI is InChI=1S/C13H18FN3O/c1-8-10(6-3-7-16-8)17-11-5-2-4-9(14)12(11)13(15)18/h2,4-5,8,10,16-17H,3,6-7H2,1H3,(H2,15,18). The molecule has 1 aliphatic rings. The van der Waals surface area contributed by atoms with Crippen molar-refractivity contribution >= 4 is 11.6 Å². The first-order valence-electron chi connectivity index (χ1n) is 6.18. The molecule has 18 heavy (non-hydrogen) atoms. The van der Waals surface area contributed by atoms with Crippen LogP contribution in [0.3, 0.4) is 0 Å². The summed E-state index contributed by atoms with van der Waals surface area (Å²) in [6.45, 7) is 3.06. The number of carbonyl (C=O) groups excluding carboxylic acids is 1. The molecule has 2 rings (SSSR count). The summed E-state index contributed by atoms with van der Waals surface area (Å²) in [5.74, 6) is -1.32. The van der Waals surface area contributed by atoms with Crippen molar-refractivity contribution in [2.24, 2.45) is 5.73 Å². The van der Waals surface area contributed by atoms with Crippen molar-refractivity contribution in [2.75, 3.05) is 11.9 Å². The first-order chi connectivity index (χ1) is 8.59. The van der Waals surface area contributed by atoms with Crippen LogP contribution in [0.1, 0.15) is 30.1 Å². The highest BCUT2D eigenvalue weighted by Crippen LogP contribution is 2.22. The van der Waals surface area contributed by atoms with Gasteiger partial charge in [0.2, 0.25) is 0 Å². The third-order valence-electron chi connectivity index (χ3n) is 3.36. The largest absolute Gasteiger partial charge is 0.380 e. The number of piperidine rings is 1. The molecule has 0 aromatic heterocycles. The molecule has 1 heterocycles. The van der Waals surface area contributed by atoms with Gasteiger partial charge in [-0.15, -0.1) is 0 Å². The third-order valence-corrected chi connectivity index (χ3v) is 3.36. The molecular weight excluding hydrogens is 233 g/mol. The predicted octanol–water partition coefficient (Wildman–Crippen LogP) is 1.48. The molecule has 1 aromatic carbocycles. The highest BCUT2D eigenvalue weighted by Gasteiger charge is 2.23. The number of hydrogen-bond donors (Lipinski definition) is 3. The van der Waals surface area contributed by atoms with Crippen LogP contribution < -0.4 is 16.4 Å². The van der Waals surface area contributed by atoms with E-state index in [1.165, 1.54) is 6.07 Å². The number of hydrogen-bond acceptors (Lipinski definition) is 3. The minimum absolute atomic E-state index is 0.0599. The molecule has 2 atom stereocenters. The fraction of sp³-hybridized carbons (Fsp3) is 0.462. The summed E-state index contributed by atoms with van der Waals surface area (Å²) in [5, 5.41) is 6.56. The Morgan fingerprint density at radius 3 is 3.00 bits per heavy atom. The number of amides is 1. The molecule has 1 fully saturated rings. The van der Waals surface area contributed by atoms with Crippen molar-refractivity contribution in [2.45, 2.75) is 31.8 Å². The van der Waals surface area contributed by atoms with Gasteiger partial charge in [0.25, 0.3) is 5.91 Å². The van der Waals surface area contributed by atoms with E-state index < -0.39 is 11.7 Å². The number of nitrogens with two attached hydrogens (primary N) is 1. The zero-order chi connectivity index (χ0) is 13.1. The minimum atomic E-state index is -0.743. The zero-order valence-electron chi connectivity index (χ0n) is 10.4. The van der Waals surface area contributed by atoms with Crippen LogP contribution in [-0.4, -0.2) is 24.5 Å². The summed E-state index contributed by atoms with van der Waals surface area (Å²) in [6, 6.07) is 4.96. The maximum atomic E-state index is 13.6. The summed E-state index contributed by atoms with van der Waals surface area (Å²) in [5.41, 5.74) is 5.64. The van der Waals surface area contributed by atoms with E-state index in [2.05, 4.69) is 17.6 Å². The number of primary amides is 1. The van der Waals surface area contributed by atoms with Crippen LogP contribution >= 0.6 is 0 Å². The maximum absolute atomic E-state index is 13.6. The molecule has 5 heteroatoms. The van der Waals surface area contributed by atoms with Gasteiger partial charge >= 0.3 is 0 Å². The van der Waals surface area contributed by atoms with E-state index in [1.807, 2.05) is 0 Å². The van der Waals surface area contributed by atoms with Crippen molar-refractivity contribution < 1.29 is 9.18 Å². The Kier molecular flexibility index (Phi) is 3.81. The first-order valence-corrected chi connectivity index (χ1v) is 6.18. The van der Waals surface area contributed by atoms with Gasteiger partial charge < -0.3 is 16.4 Å².